The van der Waals surface area contributed by atoms with E-state index in [4.69, 9.17) is 33.7 Å². The first-order valence-electron chi connectivity index (χ1n) is 7.23. The Kier molecular flexibility index (Phi) is 6.41. The van der Waals surface area contributed by atoms with Crippen molar-refractivity contribution < 1.29 is 9.90 Å². The molecule has 0 bridgehead atoms. The van der Waals surface area contributed by atoms with Crippen molar-refractivity contribution in [2.75, 3.05) is 0 Å². The van der Waals surface area contributed by atoms with Crippen molar-refractivity contribution in [1.82, 2.24) is 5.32 Å². The maximum atomic E-state index is 12.4. The highest BCUT2D eigenvalue weighted by Gasteiger charge is 2.15. The van der Waals surface area contributed by atoms with E-state index in [2.05, 4.69) is 5.32 Å². The largest absolute Gasteiger partial charge is 0.504 e. The van der Waals surface area contributed by atoms with E-state index in [0.29, 0.717) is 16.1 Å². The number of nitriles is 2. The topological polar surface area (TPSA) is 96.9 Å². The van der Waals surface area contributed by atoms with E-state index in [1.54, 1.807) is 54.6 Å². The molecule has 0 unspecified atom stereocenters. The Morgan fingerprint density at radius 3 is 2.31 bits per heavy atom. The van der Waals surface area contributed by atoms with Gasteiger partial charge in [-0.05, 0) is 35.9 Å². The van der Waals surface area contributed by atoms with Crippen LogP contribution < -0.4 is 5.32 Å². The van der Waals surface area contributed by atoms with E-state index in [-0.39, 0.29) is 10.7 Å². The number of nitrogens with zero attached hydrogens (tertiary/aromatic N) is 2. The molecule has 7 heteroatoms. The lowest BCUT2D eigenvalue weighted by atomic mass is 10.1. The lowest BCUT2D eigenvalue weighted by Crippen LogP contribution is -2.24. The summed E-state index contributed by atoms with van der Waals surface area (Å²) < 4.78 is 0. The van der Waals surface area contributed by atoms with Gasteiger partial charge in [-0.15, -0.1) is 0 Å². The van der Waals surface area contributed by atoms with Gasteiger partial charge in [-0.2, -0.15) is 10.5 Å². The van der Waals surface area contributed by atoms with Gasteiger partial charge in [0.25, 0.3) is 5.91 Å². The van der Waals surface area contributed by atoms with Crippen molar-refractivity contribution in [2.45, 2.75) is 0 Å². The molecule has 128 valence electrons. The number of carbonyl (C=O) groups excluding carboxylic acids is 1. The number of benzene rings is 2. The molecule has 0 aliphatic carbocycles. The Morgan fingerprint density at radius 2 is 1.73 bits per heavy atom. The molecule has 0 heterocycles. The Hall–Kier alpha value is -3.25. The molecule has 0 aliphatic heterocycles. The number of amides is 1. The van der Waals surface area contributed by atoms with Crippen molar-refractivity contribution >= 4 is 35.2 Å². The molecule has 2 aromatic rings. The number of hydrogen-bond acceptors (Lipinski definition) is 4. The second-order valence-electron chi connectivity index (χ2n) is 4.99. The molecule has 26 heavy (non-hydrogen) atoms. The molecule has 0 aromatic heterocycles. The number of aliphatic hydroxyl groups excluding tert-OH is 1. The minimum absolute atomic E-state index is 0.138. The van der Waals surface area contributed by atoms with Crippen LogP contribution in [0.15, 0.2) is 65.6 Å². The van der Waals surface area contributed by atoms with E-state index >= 15 is 0 Å². The van der Waals surface area contributed by atoms with Crippen molar-refractivity contribution in [3.8, 4) is 12.1 Å². The average Bonchev–Trinajstić information content (AvgIpc) is 2.64. The van der Waals surface area contributed by atoms with E-state index in [1.807, 2.05) is 0 Å². The predicted octanol–water partition coefficient (Wildman–Crippen LogP) is 4.62. The first-order chi connectivity index (χ1) is 12.5. The van der Waals surface area contributed by atoms with Crippen LogP contribution in [-0.4, -0.2) is 11.0 Å². The Labute approximate surface area is 160 Å². The number of hydrogen-bond donors (Lipinski definition) is 2. The molecule has 0 saturated heterocycles. The highest BCUT2D eigenvalue weighted by Crippen LogP contribution is 2.24. The average molecular weight is 384 g/mol. The van der Waals surface area contributed by atoms with Crippen molar-refractivity contribution in [3.05, 3.63) is 86.7 Å². The molecule has 0 aliphatic rings. The summed E-state index contributed by atoms with van der Waals surface area (Å²) >= 11 is 12.0. The number of nitrogens with one attached hydrogen (secondary N) is 1. The van der Waals surface area contributed by atoms with Gasteiger partial charge in [0, 0.05) is 15.6 Å². The van der Waals surface area contributed by atoms with Gasteiger partial charge < -0.3 is 10.4 Å². The zero-order valence-corrected chi connectivity index (χ0v) is 14.7. The lowest BCUT2D eigenvalue weighted by Gasteiger charge is -2.11. The minimum atomic E-state index is -0.662. The summed E-state index contributed by atoms with van der Waals surface area (Å²) in [5, 5.41) is 31.4. The van der Waals surface area contributed by atoms with E-state index in [9.17, 15) is 9.90 Å². The summed E-state index contributed by atoms with van der Waals surface area (Å²) in [4.78, 5) is 12.4. The Bertz CT molecular complexity index is 968. The van der Waals surface area contributed by atoms with E-state index in [0.717, 1.165) is 0 Å². The monoisotopic (exact) mass is 383 g/mol. The van der Waals surface area contributed by atoms with Crippen molar-refractivity contribution in [1.29, 1.82) is 10.5 Å². The van der Waals surface area contributed by atoms with Crippen molar-refractivity contribution in [2.24, 2.45) is 0 Å². The number of allylic oxidation sites excluding steroid dienone is 1. The third-order valence-corrected chi connectivity index (χ3v) is 3.82. The maximum Gasteiger partial charge on any atom is 0.255 e. The summed E-state index contributed by atoms with van der Waals surface area (Å²) in [5.74, 6) is -1.19. The molecule has 0 fully saturated rings. The normalized spacial score (nSPS) is 10.4. The lowest BCUT2D eigenvalue weighted by molar-refractivity contribution is 0.0964. The van der Waals surface area contributed by atoms with Gasteiger partial charge in [0.05, 0.1) is 5.70 Å². The zero-order valence-electron chi connectivity index (χ0n) is 13.2. The van der Waals surface area contributed by atoms with Crippen LogP contribution in [0, 0.1) is 22.7 Å². The second kappa shape index (κ2) is 8.73. The number of aliphatic hydroxyl groups is 1. The van der Waals surface area contributed by atoms with Gasteiger partial charge in [-0.3, -0.25) is 4.79 Å². The fraction of sp³-hybridized carbons (Fsp3) is 0. The molecular formula is C19H11Cl2N3O2. The molecule has 0 radical (unpaired) electrons. The molecule has 1 amide bonds. The molecule has 0 saturated carbocycles. The van der Waals surface area contributed by atoms with E-state index in [1.165, 1.54) is 12.1 Å². The van der Waals surface area contributed by atoms with Crippen LogP contribution in [0.2, 0.25) is 10.0 Å². The first kappa shape index (κ1) is 19.1. The first-order valence-corrected chi connectivity index (χ1v) is 7.98. The second-order valence-corrected chi connectivity index (χ2v) is 5.83. The summed E-state index contributed by atoms with van der Waals surface area (Å²) in [6, 6.07) is 16.1. The van der Waals surface area contributed by atoms with Crippen LogP contribution >= 0.6 is 23.2 Å². The van der Waals surface area contributed by atoms with Gasteiger partial charge in [-0.25, -0.2) is 0 Å². The molecule has 2 aromatic carbocycles. The van der Waals surface area contributed by atoms with Gasteiger partial charge in [0.15, 0.2) is 11.3 Å². The Balaban J connectivity index is 2.51. The molecule has 0 spiro atoms. The summed E-state index contributed by atoms with van der Waals surface area (Å²) in [6.07, 6.45) is 1.35. The van der Waals surface area contributed by atoms with Crippen LogP contribution in [-0.2, 0) is 0 Å². The minimum Gasteiger partial charge on any atom is -0.504 e. The van der Waals surface area contributed by atoms with Crippen LogP contribution in [0.3, 0.4) is 0 Å². The third kappa shape index (κ3) is 4.64. The number of carbonyl (C=O) groups is 1. The highest BCUT2D eigenvalue weighted by molar-refractivity contribution is 6.35. The summed E-state index contributed by atoms with van der Waals surface area (Å²) in [7, 11) is 0. The van der Waals surface area contributed by atoms with Crippen LogP contribution in [0.25, 0.3) is 6.08 Å². The number of halogens is 2. The van der Waals surface area contributed by atoms with Crippen LogP contribution in [0.5, 0.6) is 0 Å². The molecule has 0 atom stereocenters. The molecule has 2 N–H and O–H groups in total. The van der Waals surface area contributed by atoms with Gasteiger partial charge in [0.2, 0.25) is 0 Å². The highest BCUT2D eigenvalue weighted by atomic mass is 35.5. The maximum absolute atomic E-state index is 12.4. The van der Waals surface area contributed by atoms with Gasteiger partial charge in [-0.1, -0.05) is 47.5 Å². The predicted molar refractivity (Wildman–Crippen MR) is 99.2 cm³/mol. The fourth-order valence-corrected chi connectivity index (χ4v) is 2.45. The van der Waals surface area contributed by atoms with Crippen LogP contribution in [0.1, 0.15) is 15.9 Å². The van der Waals surface area contributed by atoms with Gasteiger partial charge in [0.1, 0.15) is 12.1 Å². The van der Waals surface area contributed by atoms with Crippen molar-refractivity contribution in [3.63, 3.8) is 0 Å². The van der Waals surface area contributed by atoms with Crippen LogP contribution in [0.4, 0.5) is 0 Å². The fourth-order valence-electron chi connectivity index (χ4n) is 1.99. The summed E-state index contributed by atoms with van der Waals surface area (Å²) in [5.41, 5.74) is 0.0842. The SMILES string of the molecule is N#CC(C#N)=C(O)C(=Cc1ccc(Cl)cc1Cl)NC(=O)c1ccccc1. The Morgan fingerprint density at radius 1 is 1.08 bits per heavy atom. The standard InChI is InChI=1S/C19H11Cl2N3O2/c20-15-7-6-13(16(21)9-15)8-17(18(25)14(10-22)11-23)24-19(26)12-4-2-1-3-5-12/h1-9,25H,(H,24,26). The number of rotatable bonds is 4. The molecule has 2 rings (SSSR count). The zero-order chi connectivity index (χ0) is 19.1. The third-order valence-electron chi connectivity index (χ3n) is 3.26. The quantitative estimate of drug-likeness (QED) is 0.457. The van der Waals surface area contributed by atoms with E-state index < -0.39 is 17.2 Å². The molecular weight excluding hydrogens is 373 g/mol. The summed E-state index contributed by atoms with van der Waals surface area (Å²) in [6.45, 7) is 0. The van der Waals surface area contributed by atoms with Gasteiger partial charge >= 0.3 is 0 Å². The molecule has 5 nitrogen and oxygen atoms in total. The smallest absolute Gasteiger partial charge is 0.255 e.